The van der Waals surface area contributed by atoms with Crippen LogP contribution < -0.4 is 0 Å². The number of halogens is 1. The van der Waals surface area contributed by atoms with Crippen molar-refractivity contribution in [2.45, 2.75) is 19.5 Å². The second-order valence-electron chi connectivity index (χ2n) is 5.80. The lowest BCUT2D eigenvalue weighted by Gasteiger charge is -2.39. The summed E-state index contributed by atoms with van der Waals surface area (Å²) in [5.41, 5.74) is 1.69. The van der Waals surface area contributed by atoms with E-state index in [0.29, 0.717) is 5.56 Å². The quantitative estimate of drug-likeness (QED) is 0.828. The highest BCUT2D eigenvalue weighted by Gasteiger charge is 2.28. The van der Waals surface area contributed by atoms with Crippen LogP contribution in [0, 0.1) is 0 Å². The van der Waals surface area contributed by atoms with Gasteiger partial charge in [-0.3, -0.25) is 19.7 Å². The first-order valence-electron chi connectivity index (χ1n) is 7.67. The Kier molecular flexibility index (Phi) is 5.03. The van der Waals surface area contributed by atoms with Gasteiger partial charge in [0.05, 0.1) is 11.3 Å². The van der Waals surface area contributed by atoms with Crippen LogP contribution in [0.3, 0.4) is 0 Å². The molecule has 1 atom stereocenters. The summed E-state index contributed by atoms with van der Waals surface area (Å²) >= 11 is 3.37. The molecule has 2 aromatic rings. The fourth-order valence-corrected chi connectivity index (χ4v) is 3.26. The van der Waals surface area contributed by atoms with Gasteiger partial charge in [-0.25, -0.2) is 0 Å². The molecule has 3 rings (SSSR count). The Morgan fingerprint density at radius 2 is 2.22 bits per heavy atom. The minimum absolute atomic E-state index is 0.0452. The molecular formula is C17H19BrN4O. The van der Waals surface area contributed by atoms with Crippen LogP contribution in [0.2, 0.25) is 0 Å². The van der Waals surface area contributed by atoms with E-state index in [9.17, 15) is 4.79 Å². The van der Waals surface area contributed by atoms with Crippen LogP contribution in [0.4, 0.5) is 0 Å². The predicted octanol–water partition coefficient (Wildman–Crippen LogP) is 2.59. The van der Waals surface area contributed by atoms with E-state index in [1.54, 1.807) is 12.4 Å². The summed E-state index contributed by atoms with van der Waals surface area (Å²) in [7, 11) is 0. The van der Waals surface area contributed by atoms with Crippen molar-refractivity contribution in [1.29, 1.82) is 0 Å². The van der Waals surface area contributed by atoms with Crippen molar-refractivity contribution in [2.24, 2.45) is 0 Å². The maximum Gasteiger partial charge on any atom is 0.255 e. The number of hydrogen-bond acceptors (Lipinski definition) is 4. The molecular weight excluding hydrogens is 356 g/mol. The van der Waals surface area contributed by atoms with Crippen LogP contribution in [0.25, 0.3) is 0 Å². The zero-order chi connectivity index (χ0) is 16.2. The van der Waals surface area contributed by atoms with E-state index in [2.05, 4.69) is 37.7 Å². The van der Waals surface area contributed by atoms with Gasteiger partial charge >= 0.3 is 0 Å². The van der Waals surface area contributed by atoms with Gasteiger partial charge in [0.2, 0.25) is 0 Å². The Morgan fingerprint density at radius 1 is 1.35 bits per heavy atom. The first-order valence-corrected chi connectivity index (χ1v) is 8.46. The lowest BCUT2D eigenvalue weighted by Crippen LogP contribution is -2.53. The summed E-state index contributed by atoms with van der Waals surface area (Å²) in [4.78, 5) is 25.4. The van der Waals surface area contributed by atoms with Crippen LogP contribution in [0.1, 0.15) is 23.0 Å². The van der Waals surface area contributed by atoms with Crippen LogP contribution in [-0.2, 0) is 6.54 Å². The van der Waals surface area contributed by atoms with E-state index in [4.69, 9.17) is 0 Å². The minimum atomic E-state index is 0.0452. The van der Waals surface area contributed by atoms with Gasteiger partial charge in [-0.1, -0.05) is 6.07 Å². The Hall–Kier alpha value is -1.79. The predicted molar refractivity (Wildman–Crippen MR) is 91.9 cm³/mol. The fraction of sp³-hybridized carbons (Fsp3) is 0.353. The SMILES string of the molecule is C[C@H]1CN(Cc2ccccn2)CCN1C(=O)c1cncc(Br)c1. The second-order valence-corrected chi connectivity index (χ2v) is 6.71. The summed E-state index contributed by atoms with van der Waals surface area (Å²) < 4.78 is 0.824. The number of rotatable bonds is 3. The lowest BCUT2D eigenvalue weighted by molar-refractivity contribution is 0.0473. The van der Waals surface area contributed by atoms with Crippen molar-refractivity contribution in [3.8, 4) is 0 Å². The van der Waals surface area contributed by atoms with Gasteiger partial charge in [-0.05, 0) is 41.1 Å². The smallest absolute Gasteiger partial charge is 0.255 e. The van der Waals surface area contributed by atoms with Gasteiger partial charge in [-0.15, -0.1) is 0 Å². The number of aromatic nitrogens is 2. The molecule has 2 aromatic heterocycles. The average molecular weight is 375 g/mol. The molecule has 3 heterocycles. The molecule has 0 N–H and O–H groups in total. The molecule has 1 aliphatic rings. The molecule has 120 valence electrons. The second kappa shape index (κ2) is 7.19. The Bertz CT molecular complexity index is 679. The number of carbonyl (C=O) groups excluding carboxylic acids is 1. The third-order valence-electron chi connectivity index (χ3n) is 4.04. The van der Waals surface area contributed by atoms with E-state index >= 15 is 0 Å². The standard InChI is InChI=1S/C17H19BrN4O/c1-13-11-21(12-16-4-2-3-5-20-16)6-7-22(13)17(23)14-8-15(18)10-19-9-14/h2-5,8-10,13H,6-7,11-12H2,1H3/t13-/m0/s1. The van der Waals surface area contributed by atoms with Gasteiger partial charge in [0.25, 0.3) is 5.91 Å². The van der Waals surface area contributed by atoms with Crippen molar-refractivity contribution >= 4 is 21.8 Å². The van der Waals surface area contributed by atoms with Gasteiger partial charge in [0.1, 0.15) is 0 Å². The number of pyridine rings is 2. The average Bonchev–Trinajstić information content (AvgIpc) is 2.55. The van der Waals surface area contributed by atoms with Crippen molar-refractivity contribution in [3.63, 3.8) is 0 Å². The molecule has 6 heteroatoms. The van der Waals surface area contributed by atoms with Gasteiger partial charge in [-0.2, -0.15) is 0 Å². The zero-order valence-electron chi connectivity index (χ0n) is 13.0. The summed E-state index contributed by atoms with van der Waals surface area (Å²) in [5, 5.41) is 0. The van der Waals surface area contributed by atoms with E-state index in [0.717, 1.165) is 36.3 Å². The molecule has 1 amide bonds. The van der Waals surface area contributed by atoms with E-state index in [1.807, 2.05) is 35.4 Å². The van der Waals surface area contributed by atoms with Crippen LogP contribution in [0.15, 0.2) is 47.3 Å². The normalized spacial score (nSPS) is 18.9. The number of carbonyl (C=O) groups is 1. The number of piperazine rings is 1. The van der Waals surface area contributed by atoms with E-state index in [-0.39, 0.29) is 11.9 Å². The maximum absolute atomic E-state index is 12.7. The number of nitrogens with zero attached hydrogens (tertiary/aromatic N) is 4. The van der Waals surface area contributed by atoms with Crippen molar-refractivity contribution in [2.75, 3.05) is 19.6 Å². The molecule has 1 fully saturated rings. The molecule has 0 saturated carbocycles. The molecule has 5 nitrogen and oxygen atoms in total. The highest BCUT2D eigenvalue weighted by atomic mass is 79.9. The van der Waals surface area contributed by atoms with Crippen LogP contribution in [-0.4, -0.2) is 51.4 Å². The lowest BCUT2D eigenvalue weighted by atomic mass is 10.1. The van der Waals surface area contributed by atoms with Gasteiger partial charge in [0, 0.05) is 55.3 Å². The molecule has 1 saturated heterocycles. The summed E-state index contributed by atoms with van der Waals surface area (Å²) in [6.07, 6.45) is 5.13. The Balaban J connectivity index is 1.63. The molecule has 0 aromatic carbocycles. The summed E-state index contributed by atoms with van der Waals surface area (Å²) in [5.74, 6) is 0.0452. The maximum atomic E-state index is 12.7. The highest BCUT2D eigenvalue weighted by Crippen LogP contribution is 2.17. The topological polar surface area (TPSA) is 49.3 Å². The molecule has 0 unspecified atom stereocenters. The van der Waals surface area contributed by atoms with Gasteiger partial charge < -0.3 is 4.90 Å². The summed E-state index contributed by atoms with van der Waals surface area (Å²) in [6, 6.07) is 7.96. The minimum Gasteiger partial charge on any atom is -0.333 e. The number of hydrogen-bond donors (Lipinski definition) is 0. The zero-order valence-corrected chi connectivity index (χ0v) is 14.6. The third kappa shape index (κ3) is 3.95. The molecule has 0 spiro atoms. The highest BCUT2D eigenvalue weighted by molar-refractivity contribution is 9.10. The Morgan fingerprint density at radius 3 is 2.91 bits per heavy atom. The summed E-state index contributed by atoms with van der Waals surface area (Å²) in [6.45, 7) is 5.34. The molecule has 1 aliphatic heterocycles. The third-order valence-corrected chi connectivity index (χ3v) is 4.47. The molecule has 0 radical (unpaired) electrons. The molecule has 0 bridgehead atoms. The van der Waals surface area contributed by atoms with E-state index < -0.39 is 0 Å². The first kappa shape index (κ1) is 16.1. The largest absolute Gasteiger partial charge is 0.333 e. The van der Waals surface area contributed by atoms with Crippen LogP contribution in [0.5, 0.6) is 0 Å². The van der Waals surface area contributed by atoms with E-state index in [1.165, 1.54) is 0 Å². The monoisotopic (exact) mass is 374 g/mol. The Labute approximate surface area is 144 Å². The van der Waals surface area contributed by atoms with Crippen molar-refractivity contribution < 1.29 is 4.79 Å². The fourth-order valence-electron chi connectivity index (χ4n) is 2.89. The molecule has 23 heavy (non-hydrogen) atoms. The first-order chi connectivity index (χ1) is 11.1. The number of amides is 1. The molecule has 0 aliphatic carbocycles. The van der Waals surface area contributed by atoms with Crippen molar-refractivity contribution in [1.82, 2.24) is 19.8 Å². The van der Waals surface area contributed by atoms with Crippen LogP contribution >= 0.6 is 15.9 Å². The van der Waals surface area contributed by atoms with Crippen molar-refractivity contribution in [3.05, 3.63) is 58.6 Å². The van der Waals surface area contributed by atoms with Gasteiger partial charge in [0.15, 0.2) is 0 Å².